The molecule has 7 nitrogen and oxygen atoms in total. The van der Waals surface area contributed by atoms with E-state index in [9.17, 15) is 9.59 Å². The van der Waals surface area contributed by atoms with E-state index in [4.69, 9.17) is 25.5 Å². The molecule has 0 aliphatic heterocycles. The van der Waals surface area contributed by atoms with Crippen molar-refractivity contribution in [2.24, 2.45) is 0 Å². The van der Waals surface area contributed by atoms with Gasteiger partial charge < -0.3 is 30.3 Å². The summed E-state index contributed by atoms with van der Waals surface area (Å²) >= 11 is 0. The van der Waals surface area contributed by atoms with Gasteiger partial charge in [0.1, 0.15) is 18.3 Å². The third-order valence-electron chi connectivity index (χ3n) is 2.27. The second-order valence-corrected chi connectivity index (χ2v) is 3.92. The summed E-state index contributed by atoms with van der Waals surface area (Å²) in [5.41, 5.74) is 0.843. The van der Waals surface area contributed by atoms with Gasteiger partial charge in [-0.15, -0.1) is 0 Å². The normalized spacial score (nSPS) is 14.4. The lowest BCUT2D eigenvalue weighted by Gasteiger charge is -2.16. The van der Waals surface area contributed by atoms with Crippen LogP contribution in [0, 0.1) is 0 Å². The zero-order chi connectivity index (χ0) is 15.5. The molecule has 5 N–H and O–H groups in total. The molecule has 0 radical (unpaired) electrons. The fraction of sp³-hybridized carbons (Fsp3) is 0.385. The van der Waals surface area contributed by atoms with Crippen LogP contribution in [0.15, 0.2) is 30.3 Å². The van der Waals surface area contributed by atoms with Crippen molar-refractivity contribution in [3.05, 3.63) is 35.9 Å². The Labute approximate surface area is 115 Å². The molecular formula is C13H18O7. The number of benzene rings is 1. The van der Waals surface area contributed by atoms with E-state index in [2.05, 4.69) is 0 Å². The molecule has 0 bridgehead atoms. The van der Waals surface area contributed by atoms with Gasteiger partial charge in [0, 0.05) is 0 Å². The molecule has 0 heterocycles. The van der Waals surface area contributed by atoms with Crippen molar-refractivity contribution in [1.82, 2.24) is 0 Å². The molecule has 0 fully saturated rings. The van der Waals surface area contributed by atoms with Crippen LogP contribution < -0.4 is 0 Å². The van der Waals surface area contributed by atoms with E-state index in [1.165, 1.54) is 0 Å². The molecule has 0 amide bonds. The van der Waals surface area contributed by atoms with E-state index in [1.807, 2.05) is 18.2 Å². The third-order valence-corrected chi connectivity index (χ3v) is 2.27. The Morgan fingerprint density at radius 2 is 1.70 bits per heavy atom. The number of aliphatic hydroxyl groups is 4. The lowest BCUT2D eigenvalue weighted by Crippen LogP contribution is -2.40. The predicted octanol–water partition coefficient (Wildman–Crippen LogP) is -1.43. The summed E-state index contributed by atoms with van der Waals surface area (Å²) in [6.07, 6.45) is -4.52. The van der Waals surface area contributed by atoms with Crippen molar-refractivity contribution in [3.8, 4) is 0 Å². The largest absolute Gasteiger partial charge is 0.481 e. The first-order chi connectivity index (χ1) is 9.42. The molecule has 0 spiro atoms. The summed E-state index contributed by atoms with van der Waals surface area (Å²) in [5, 5.41) is 42.4. The molecule has 0 aliphatic rings. The summed E-state index contributed by atoms with van der Waals surface area (Å²) in [5.74, 6) is -0.786. The van der Waals surface area contributed by atoms with Crippen LogP contribution in [0.3, 0.4) is 0 Å². The van der Waals surface area contributed by atoms with Gasteiger partial charge in [-0.2, -0.15) is 0 Å². The van der Waals surface area contributed by atoms with E-state index >= 15 is 0 Å². The summed E-state index contributed by atoms with van der Waals surface area (Å²) in [4.78, 5) is 19.9. The van der Waals surface area contributed by atoms with Crippen LogP contribution >= 0.6 is 0 Å². The summed E-state index contributed by atoms with van der Waals surface area (Å²) < 4.78 is 0. The zero-order valence-corrected chi connectivity index (χ0v) is 10.7. The van der Waals surface area contributed by atoms with E-state index in [1.54, 1.807) is 12.1 Å². The molecule has 1 aromatic carbocycles. The molecule has 7 heteroatoms. The van der Waals surface area contributed by atoms with Gasteiger partial charge in [0.2, 0.25) is 0 Å². The number of aliphatic carboxylic acids is 1. The molecule has 0 aliphatic carbocycles. The Hall–Kier alpha value is -1.80. The minimum atomic E-state index is -1.64. The van der Waals surface area contributed by atoms with Crippen LogP contribution in [-0.4, -0.2) is 62.7 Å². The number of carboxylic acids is 1. The number of carboxylic acid groups (broad SMARTS) is 1. The molecule has 0 saturated heterocycles. The van der Waals surface area contributed by atoms with Crippen LogP contribution in [0.4, 0.5) is 0 Å². The van der Waals surface area contributed by atoms with Gasteiger partial charge in [0.15, 0.2) is 6.29 Å². The Morgan fingerprint density at radius 1 is 1.15 bits per heavy atom. The van der Waals surface area contributed by atoms with Crippen LogP contribution in [0.5, 0.6) is 0 Å². The first-order valence-corrected chi connectivity index (χ1v) is 5.78. The van der Waals surface area contributed by atoms with Crippen LogP contribution in [-0.2, 0) is 16.0 Å². The van der Waals surface area contributed by atoms with E-state index < -0.39 is 30.9 Å². The standard InChI is InChI=1S/C8H8O2.C5H10O5/c9-8(10)6-7-4-2-1-3-5-7;6-1-3(8)5(10)4(9)2-7/h1-5H,6H2,(H,9,10);1,3-5,7-10H,2H2/t;3-,4+,5-/m.0/s1. The molecule has 0 unspecified atom stereocenters. The van der Waals surface area contributed by atoms with Crippen molar-refractivity contribution in [2.45, 2.75) is 24.7 Å². The average Bonchev–Trinajstić information content (AvgIpc) is 2.45. The van der Waals surface area contributed by atoms with E-state index in [0.717, 1.165) is 5.56 Å². The van der Waals surface area contributed by atoms with Gasteiger partial charge in [-0.3, -0.25) is 4.79 Å². The Bertz CT molecular complexity index is 393. The quantitative estimate of drug-likeness (QED) is 0.405. The van der Waals surface area contributed by atoms with Gasteiger partial charge in [0.25, 0.3) is 0 Å². The first kappa shape index (κ1) is 18.2. The number of carbonyl (C=O) groups excluding carboxylic acids is 1. The van der Waals surface area contributed by atoms with Crippen molar-refractivity contribution >= 4 is 12.3 Å². The van der Waals surface area contributed by atoms with Crippen LogP contribution in [0.25, 0.3) is 0 Å². The predicted molar refractivity (Wildman–Crippen MR) is 69.0 cm³/mol. The lowest BCUT2D eigenvalue weighted by molar-refractivity contribution is -0.136. The van der Waals surface area contributed by atoms with Gasteiger partial charge in [-0.25, -0.2) is 0 Å². The SMILES string of the molecule is O=C(O)Cc1ccccc1.O=C[C@H](O)[C@H](O)[C@H](O)CO. The minimum absolute atomic E-state index is 0.0869. The Balaban J connectivity index is 0.000000361. The van der Waals surface area contributed by atoms with E-state index in [0.29, 0.717) is 0 Å². The second kappa shape index (κ2) is 10.0. The topological polar surface area (TPSA) is 135 Å². The molecule has 20 heavy (non-hydrogen) atoms. The Morgan fingerprint density at radius 3 is 2.10 bits per heavy atom. The van der Waals surface area contributed by atoms with Gasteiger partial charge in [-0.1, -0.05) is 30.3 Å². The molecule has 0 aromatic heterocycles. The Kier molecular flexibility index (Phi) is 9.14. The third kappa shape index (κ3) is 7.59. The highest BCUT2D eigenvalue weighted by Gasteiger charge is 2.22. The highest BCUT2D eigenvalue weighted by molar-refractivity contribution is 5.70. The monoisotopic (exact) mass is 286 g/mol. The summed E-state index contributed by atoms with van der Waals surface area (Å²) in [6.45, 7) is -0.688. The van der Waals surface area contributed by atoms with Crippen molar-refractivity contribution < 1.29 is 35.1 Å². The summed E-state index contributed by atoms with van der Waals surface area (Å²) in [7, 11) is 0. The fourth-order valence-corrected chi connectivity index (χ4v) is 1.19. The maximum atomic E-state index is 10.2. The smallest absolute Gasteiger partial charge is 0.307 e. The molecule has 1 rings (SSSR count). The minimum Gasteiger partial charge on any atom is -0.481 e. The average molecular weight is 286 g/mol. The number of rotatable bonds is 6. The van der Waals surface area contributed by atoms with Crippen molar-refractivity contribution in [1.29, 1.82) is 0 Å². The maximum absolute atomic E-state index is 10.2. The first-order valence-electron chi connectivity index (χ1n) is 5.78. The van der Waals surface area contributed by atoms with Crippen molar-refractivity contribution in [3.63, 3.8) is 0 Å². The number of aldehydes is 1. The molecular weight excluding hydrogens is 268 g/mol. The number of aliphatic hydroxyl groups excluding tert-OH is 4. The lowest BCUT2D eigenvalue weighted by atomic mass is 10.1. The molecule has 1 aromatic rings. The van der Waals surface area contributed by atoms with Crippen LogP contribution in [0.2, 0.25) is 0 Å². The zero-order valence-electron chi connectivity index (χ0n) is 10.7. The highest BCUT2D eigenvalue weighted by atomic mass is 16.4. The summed E-state index contributed by atoms with van der Waals surface area (Å²) in [6, 6.07) is 9.13. The molecule has 3 atom stereocenters. The highest BCUT2D eigenvalue weighted by Crippen LogP contribution is 1.98. The van der Waals surface area contributed by atoms with Gasteiger partial charge in [0.05, 0.1) is 13.0 Å². The molecule has 0 saturated carbocycles. The number of carbonyl (C=O) groups is 2. The van der Waals surface area contributed by atoms with Crippen molar-refractivity contribution in [2.75, 3.05) is 6.61 Å². The van der Waals surface area contributed by atoms with Crippen LogP contribution in [0.1, 0.15) is 5.56 Å². The number of hydrogen-bond donors (Lipinski definition) is 5. The van der Waals surface area contributed by atoms with Gasteiger partial charge >= 0.3 is 5.97 Å². The maximum Gasteiger partial charge on any atom is 0.307 e. The van der Waals surface area contributed by atoms with Gasteiger partial charge in [-0.05, 0) is 5.56 Å². The fourth-order valence-electron chi connectivity index (χ4n) is 1.19. The second-order valence-electron chi connectivity index (χ2n) is 3.92. The molecule has 112 valence electrons. The van der Waals surface area contributed by atoms with E-state index in [-0.39, 0.29) is 12.7 Å². The number of hydrogen-bond acceptors (Lipinski definition) is 6.